The summed E-state index contributed by atoms with van der Waals surface area (Å²) in [4.78, 5) is 16.0. The number of pyridine rings is 1. The second-order valence-electron chi connectivity index (χ2n) is 4.56. The number of hydrogen-bond donors (Lipinski definition) is 0. The van der Waals surface area contributed by atoms with Crippen LogP contribution in [0.5, 0.6) is 0 Å². The van der Waals surface area contributed by atoms with E-state index in [9.17, 15) is 4.79 Å². The van der Waals surface area contributed by atoms with Gasteiger partial charge in [-0.1, -0.05) is 17.7 Å². The summed E-state index contributed by atoms with van der Waals surface area (Å²) in [5.74, 6) is 0.168. The van der Waals surface area contributed by atoms with Crippen LogP contribution in [0.15, 0.2) is 24.5 Å². The van der Waals surface area contributed by atoms with Gasteiger partial charge in [-0.05, 0) is 25.0 Å². The van der Waals surface area contributed by atoms with E-state index in [1.807, 2.05) is 19.1 Å². The van der Waals surface area contributed by atoms with Crippen LogP contribution in [0.2, 0.25) is 5.15 Å². The predicted octanol–water partition coefficient (Wildman–Crippen LogP) is 2.52. The molecule has 19 heavy (non-hydrogen) atoms. The van der Waals surface area contributed by atoms with Crippen molar-refractivity contribution >= 4 is 17.4 Å². The standard InChI is InChI=1S/C14H16ClN3O/c1-10-13(14(15)18(2)17-10)8-12(19)6-5-11-4-3-7-16-9-11/h3-4,7,9H,5-6,8H2,1-2H3. The van der Waals surface area contributed by atoms with Gasteiger partial charge in [-0.2, -0.15) is 5.10 Å². The van der Waals surface area contributed by atoms with Gasteiger partial charge in [-0.3, -0.25) is 14.5 Å². The Morgan fingerprint density at radius 1 is 1.47 bits per heavy atom. The fourth-order valence-electron chi connectivity index (χ4n) is 1.99. The summed E-state index contributed by atoms with van der Waals surface area (Å²) >= 11 is 6.11. The third kappa shape index (κ3) is 3.41. The molecule has 0 saturated heterocycles. The van der Waals surface area contributed by atoms with Gasteiger partial charge in [-0.15, -0.1) is 0 Å². The highest BCUT2D eigenvalue weighted by Gasteiger charge is 2.14. The van der Waals surface area contributed by atoms with Gasteiger partial charge in [0.25, 0.3) is 0 Å². The van der Waals surface area contributed by atoms with E-state index in [4.69, 9.17) is 11.6 Å². The molecule has 0 aromatic carbocycles. The molecule has 0 atom stereocenters. The maximum Gasteiger partial charge on any atom is 0.137 e. The zero-order valence-electron chi connectivity index (χ0n) is 11.1. The van der Waals surface area contributed by atoms with Gasteiger partial charge in [-0.25, -0.2) is 0 Å². The van der Waals surface area contributed by atoms with E-state index in [1.54, 1.807) is 24.1 Å². The van der Waals surface area contributed by atoms with Crippen LogP contribution in [0.25, 0.3) is 0 Å². The molecular weight excluding hydrogens is 262 g/mol. The molecule has 2 aromatic rings. The summed E-state index contributed by atoms with van der Waals surface area (Å²) in [7, 11) is 1.78. The summed E-state index contributed by atoms with van der Waals surface area (Å²) in [6.07, 6.45) is 5.07. The zero-order valence-corrected chi connectivity index (χ0v) is 11.8. The lowest BCUT2D eigenvalue weighted by molar-refractivity contribution is -0.118. The van der Waals surface area contributed by atoms with Crippen LogP contribution >= 0.6 is 11.6 Å². The molecule has 100 valence electrons. The first kappa shape index (κ1) is 13.7. The van der Waals surface area contributed by atoms with Crippen LogP contribution in [-0.2, 0) is 24.7 Å². The van der Waals surface area contributed by atoms with Crippen LogP contribution < -0.4 is 0 Å². The third-order valence-electron chi connectivity index (χ3n) is 3.06. The van der Waals surface area contributed by atoms with E-state index in [2.05, 4.69) is 10.1 Å². The largest absolute Gasteiger partial charge is 0.299 e. The molecule has 0 fully saturated rings. The summed E-state index contributed by atoms with van der Waals surface area (Å²) in [5.41, 5.74) is 2.73. The smallest absolute Gasteiger partial charge is 0.137 e. The average Bonchev–Trinajstić information content (AvgIpc) is 2.64. The van der Waals surface area contributed by atoms with Crippen LogP contribution in [0.1, 0.15) is 23.2 Å². The van der Waals surface area contributed by atoms with E-state index in [-0.39, 0.29) is 5.78 Å². The minimum absolute atomic E-state index is 0.168. The molecule has 0 unspecified atom stereocenters. The maximum atomic E-state index is 12.0. The van der Waals surface area contributed by atoms with Gasteiger partial charge in [0, 0.05) is 37.8 Å². The second kappa shape index (κ2) is 5.97. The molecule has 2 rings (SSSR count). The molecule has 0 saturated carbocycles. The van der Waals surface area contributed by atoms with Crippen molar-refractivity contribution in [2.24, 2.45) is 7.05 Å². The monoisotopic (exact) mass is 277 g/mol. The Bertz CT molecular complexity index is 578. The summed E-state index contributed by atoms with van der Waals surface area (Å²) in [6, 6.07) is 3.85. The normalized spacial score (nSPS) is 10.7. The average molecular weight is 278 g/mol. The van der Waals surface area contributed by atoms with Gasteiger partial charge in [0.05, 0.1) is 5.69 Å². The summed E-state index contributed by atoms with van der Waals surface area (Å²) in [6.45, 7) is 1.87. The number of carbonyl (C=O) groups is 1. The molecule has 0 spiro atoms. The molecule has 5 heteroatoms. The van der Waals surface area contributed by atoms with Crippen molar-refractivity contribution in [2.75, 3.05) is 0 Å². The number of hydrogen-bond acceptors (Lipinski definition) is 3. The molecule has 2 heterocycles. The van der Waals surface area contributed by atoms with Crippen molar-refractivity contribution in [3.8, 4) is 0 Å². The van der Waals surface area contributed by atoms with E-state index in [1.165, 1.54) is 0 Å². The first-order valence-corrected chi connectivity index (χ1v) is 6.54. The number of Topliss-reactive ketones (excluding diaryl/α,β-unsaturated/α-hetero) is 1. The number of halogens is 1. The Kier molecular flexibility index (Phi) is 4.32. The minimum atomic E-state index is 0.168. The van der Waals surface area contributed by atoms with Crippen molar-refractivity contribution in [2.45, 2.75) is 26.2 Å². The zero-order chi connectivity index (χ0) is 13.8. The van der Waals surface area contributed by atoms with Crippen molar-refractivity contribution in [3.05, 3.63) is 46.5 Å². The van der Waals surface area contributed by atoms with E-state index in [0.717, 1.165) is 16.8 Å². The lowest BCUT2D eigenvalue weighted by atomic mass is 10.0. The van der Waals surface area contributed by atoms with Crippen LogP contribution in [0, 0.1) is 6.92 Å². The van der Waals surface area contributed by atoms with E-state index >= 15 is 0 Å². The van der Waals surface area contributed by atoms with Crippen LogP contribution in [0.3, 0.4) is 0 Å². The number of rotatable bonds is 5. The van der Waals surface area contributed by atoms with Crippen molar-refractivity contribution in [3.63, 3.8) is 0 Å². The predicted molar refractivity (Wildman–Crippen MR) is 74.2 cm³/mol. The number of ketones is 1. The van der Waals surface area contributed by atoms with E-state index in [0.29, 0.717) is 24.4 Å². The molecular formula is C14H16ClN3O. The molecule has 0 N–H and O–H groups in total. The van der Waals surface area contributed by atoms with Gasteiger partial charge in [0.1, 0.15) is 10.9 Å². The Morgan fingerprint density at radius 3 is 2.84 bits per heavy atom. The van der Waals surface area contributed by atoms with Crippen molar-refractivity contribution in [1.82, 2.24) is 14.8 Å². The van der Waals surface area contributed by atoms with Crippen LogP contribution in [0.4, 0.5) is 0 Å². The fourth-order valence-corrected chi connectivity index (χ4v) is 2.23. The highest BCUT2D eigenvalue weighted by molar-refractivity contribution is 6.30. The Labute approximate surface area is 117 Å². The molecule has 0 aliphatic carbocycles. The van der Waals surface area contributed by atoms with Crippen molar-refractivity contribution in [1.29, 1.82) is 0 Å². The lowest BCUT2D eigenvalue weighted by Crippen LogP contribution is -2.05. The fraction of sp³-hybridized carbons (Fsp3) is 0.357. The number of nitrogens with zero attached hydrogens (tertiary/aromatic N) is 3. The number of carbonyl (C=O) groups excluding carboxylic acids is 1. The van der Waals surface area contributed by atoms with Gasteiger partial charge in [0.15, 0.2) is 0 Å². The topological polar surface area (TPSA) is 47.8 Å². The SMILES string of the molecule is Cc1nn(C)c(Cl)c1CC(=O)CCc1cccnc1. The number of aromatic nitrogens is 3. The lowest BCUT2D eigenvalue weighted by Gasteiger charge is -2.02. The summed E-state index contributed by atoms with van der Waals surface area (Å²) in [5, 5.41) is 4.75. The van der Waals surface area contributed by atoms with Gasteiger partial charge < -0.3 is 0 Å². The second-order valence-corrected chi connectivity index (χ2v) is 4.91. The number of aryl methyl sites for hydroxylation is 3. The minimum Gasteiger partial charge on any atom is -0.299 e. The Balaban J connectivity index is 1.95. The quantitative estimate of drug-likeness (QED) is 0.844. The molecule has 0 bridgehead atoms. The molecule has 2 aromatic heterocycles. The molecule has 4 nitrogen and oxygen atoms in total. The van der Waals surface area contributed by atoms with Crippen LogP contribution in [-0.4, -0.2) is 20.5 Å². The highest BCUT2D eigenvalue weighted by Crippen LogP contribution is 2.20. The third-order valence-corrected chi connectivity index (χ3v) is 3.53. The molecule has 0 aliphatic rings. The van der Waals surface area contributed by atoms with Crippen molar-refractivity contribution < 1.29 is 4.79 Å². The van der Waals surface area contributed by atoms with Gasteiger partial charge in [0.2, 0.25) is 0 Å². The Morgan fingerprint density at radius 2 is 2.26 bits per heavy atom. The Hall–Kier alpha value is -1.68. The van der Waals surface area contributed by atoms with Gasteiger partial charge >= 0.3 is 0 Å². The first-order valence-electron chi connectivity index (χ1n) is 6.16. The summed E-state index contributed by atoms with van der Waals surface area (Å²) < 4.78 is 1.60. The molecule has 0 radical (unpaired) electrons. The molecule has 0 aliphatic heterocycles. The highest BCUT2D eigenvalue weighted by atomic mass is 35.5. The molecule has 0 amide bonds. The maximum absolute atomic E-state index is 12.0. The first-order chi connectivity index (χ1) is 9.08. The van der Waals surface area contributed by atoms with E-state index < -0.39 is 0 Å².